The minimum Gasteiger partial charge on any atom is -0.491 e. The van der Waals surface area contributed by atoms with Gasteiger partial charge in [-0.05, 0) is 116 Å². The van der Waals surface area contributed by atoms with E-state index in [9.17, 15) is 23.3 Å². The molecule has 21 nitrogen and oxygen atoms in total. The maximum Gasteiger partial charge on any atom is 0.297 e. The number of carbonyl (C=O) groups excluding carboxylic acids is 1. The number of benzene rings is 3. The summed E-state index contributed by atoms with van der Waals surface area (Å²) in [6.07, 6.45) is 9.56. The van der Waals surface area contributed by atoms with Crippen molar-refractivity contribution in [2.75, 3.05) is 95.1 Å². The molecule has 3 aromatic carbocycles. The van der Waals surface area contributed by atoms with Crippen LogP contribution in [0, 0.1) is 28.4 Å². The lowest BCUT2D eigenvalue weighted by atomic mass is 9.59. The number of aryl methyl sites for hydroxylation is 1. The molecule has 7 aliphatic rings. The van der Waals surface area contributed by atoms with E-state index < -0.39 is 37.5 Å². The predicted molar refractivity (Wildman–Crippen MR) is 303 cm³/mol. The molecular formula is C59H68N10O11S. The minimum absolute atomic E-state index is 0.0243. The number of nitrogens with one attached hydrogen (secondary N) is 3. The molecule has 3 N–H and O–H groups in total. The summed E-state index contributed by atoms with van der Waals surface area (Å²) in [5.74, 6) is 0.750. The average Bonchev–Trinajstić information content (AvgIpc) is 4.05. The van der Waals surface area contributed by atoms with E-state index in [1.165, 1.54) is 17.2 Å². The molecule has 0 unspecified atom stereocenters. The number of H-pyrrole nitrogens is 1. The summed E-state index contributed by atoms with van der Waals surface area (Å²) < 4.78 is 66.3. The first-order valence-corrected chi connectivity index (χ1v) is 29.7. The maximum absolute atomic E-state index is 14.9. The number of amides is 1. The lowest BCUT2D eigenvalue weighted by Crippen LogP contribution is -2.59. The molecule has 4 saturated heterocycles. The molecule has 5 fully saturated rings. The molecule has 22 heteroatoms. The van der Waals surface area contributed by atoms with Crippen molar-refractivity contribution in [3.63, 3.8) is 0 Å². The van der Waals surface area contributed by atoms with Crippen molar-refractivity contribution in [3.05, 3.63) is 118 Å². The molecule has 0 bridgehead atoms. The number of nitro groups is 1. The van der Waals surface area contributed by atoms with E-state index in [1.807, 2.05) is 42.7 Å². The lowest BCUT2D eigenvalue weighted by Gasteiger charge is -2.58. The standard InChI is InChI=1S/C59H68N10O11S/c1-36-6-4-5-7-43(36)50-33-65(32-37-24-52(75-2)58(76-3)61-31-37)19-20-67(50)41-29-59(30-41)14-17-66(18-15-59)40-8-9-44(47(26-40)68-46-13-23-78-35-53(46)80-57-49(68)25-39-10-16-60-55(39)63-57)56(70)64-81(73,74)42-27-48(69(71)72)54-51(28-42)79-34-45(62-54)38-11-21-77-22-12-38/h4-10,16,24-28,31,38,41,45-46,50,53,62H,11-15,17-23,29-30,32-35H2,1-3H3,(H,60,63)(H,64,70)/t45-,46+,50+,53+/m1/s1. The zero-order valence-electron chi connectivity index (χ0n) is 45.8. The van der Waals surface area contributed by atoms with Crippen LogP contribution in [-0.4, -0.2) is 148 Å². The number of aromatic nitrogens is 3. The Balaban J connectivity index is 0.765. The second kappa shape index (κ2) is 21.6. The van der Waals surface area contributed by atoms with Crippen LogP contribution in [0.2, 0.25) is 0 Å². The average molecular weight is 1130 g/mol. The summed E-state index contributed by atoms with van der Waals surface area (Å²) in [5.41, 5.74) is 6.33. The maximum atomic E-state index is 14.9. The quantitative estimate of drug-likeness (QED) is 0.0737. The fraction of sp³-hybridized carbons (Fsp3) is 0.475. The zero-order valence-corrected chi connectivity index (χ0v) is 46.6. The Morgan fingerprint density at radius 3 is 2.53 bits per heavy atom. The van der Waals surface area contributed by atoms with Gasteiger partial charge in [-0.3, -0.25) is 24.7 Å². The van der Waals surface area contributed by atoms with Crippen LogP contribution in [-0.2, 0) is 26.0 Å². The van der Waals surface area contributed by atoms with E-state index in [1.54, 1.807) is 20.3 Å². The van der Waals surface area contributed by atoms with Crippen LogP contribution in [0.25, 0.3) is 11.0 Å². The number of carbonyl (C=O) groups is 1. The van der Waals surface area contributed by atoms with E-state index in [0.29, 0.717) is 66.8 Å². The smallest absolute Gasteiger partial charge is 0.297 e. The van der Waals surface area contributed by atoms with Gasteiger partial charge in [0.25, 0.3) is 27.5 Å². The van der Waals surface area contributed by atoms with Gasteiger partial charge >= 0.3 is 0 Å². The Bertz CT molecular complexity index is 3490. The summed E-state index contributed by atoms with van der Waals surface area (Å²) in [6.45, 7) is 9.46. The van der Waals surface area contributed by atoms with Crippen LogP contribution in [0.15, 0.2) is 90.1 Å². The molecular weight excluding hydrogens is 1060 g/mol. The number of methoxy groups -OCH3 is 2. The van der Waals surface area contributed by atoms with Gasteiger partial charge in [-0.2, -0.15) is 4.98 Å². The Morgan fingerprint density at radius 1 is 0.926 bits per heavy atom. The van der Waals surface area contributed by atoms with Gasteiger partial charge in [0.1, 0.15) is 24.0 Å². The minimum atomic E-state index is -4.71. The molecule has 1 spiro atoms. The highest BCUT2D eigenvalue weighted by atomic mass is 32.2. The van der Waals surface area contributed by atoms with Crippen molar-refractivity contribution in [2.45, 2.75) is 93.6 Å². The molecule has 81 heavy (non-hydrogen) atoms. The number of piperidine rings is 1. The van der Waals surface area contributed by atoms with Gasteiger partial charge in [-0.25, -0.2) is 18.1 Å². The number of sulfonamides is 1. The molecule has 1 amide bonds. The molecule has 426 valence electrons. The van der Waals surface area contributed by atoms with E-state index in [4.69, 9.17) is 33.4 Å². The van der Waals surface area contributed by atoms with E-state index in [0.717, 1.165) is 100 Å². The first-order valence-electron chi connectivity index (χ1n) is 28.2. The summed E-state index contributed by atoms with van der Waals surface area (Å²) >= 11 is 0. The van der Waals surface area contributed by atoms with Crippen LogP contribution in [0.4, 0.5) is 28.4 Å². The number of fused-ring (bicyclic) bond motifs is 4. The van der Waals surface area contributed by atoms with Crippen LogP contribution < -0.4 is 38.8 Å². The van der Waals surface area contributed by atoms with Crippen molar-refractivity contribution >= 4 is 55.4 Å². The van der Waals surface area contributed by atoms with Gasteiger partial charge in [0.15, 0.2) is 17.2 Å². The number of pyridine rings is 2. The van der Waals surface area contributed by atoms with Gasteiger partial charge in [0.05, 0.1) is 54.0 Å². The van der Waals surface area contributed by atoms with Gasteiger partial charge in [0.2, 0.25) is 5.88 Å². The van der Waals surface area contributed by atoms with Crippen LogP contribution >= 0.6 is 0 Å². The fourth-order valence-corrected chi connectivity index (χ4v) is 14.8. The number of hydrogen-bond donors (Lipinski definition) is 3. The molecule has 1 aliphatic carbocycles. The van der Waals surface area contributed by atoms with Crippen molar-refractivity contribution in [2.24, 2.45) is 11.3 Å². The molecule has 1 saturated carbocycles. The molecule has 13 rings (SSSR count). The van der Waals surface area contributed by atoms with Crippen LogP contribution in [0.5, 0.6) is 23.3 Å². The number of ether oxygens (including phenoxy) is 6. The number of hydrogen-bond acceptors (Lipinski definition) is 18. The fourth-order valence-electron chi connectivity index (χ4n) is 13.8. The first kappa shape index (κ1) is 53.1. The number of piperazine rings is 1. The Labute approximate surface area is 470 Å². The first-order chi connectivity index (χ1) is 39.3. The molecule has 0 radical (unpaired) electrons. The topological polar surface area (TPSA) is 228 Å². The highest BCUT2D eigenvalue weighted by Gasteiger charge is 2.50. The molecule has 9 heterocycles. The second-order valence-electron chi connectivity index (χ2n) is 22.9. The monoisotopic (exact) mass is 1120 g/mol. The number of aromatic amines is 1. The lowest BCUT2D eigenvalue weighted by molar-refractivity contribution is -0.384. The molecule has 3 aromatic heterocycles. The molecule has 6 aromatic rings. The van der Waals surface area contributed by atoms with E-state index in [-0.39, 0.29) is 59.7 Å². The van der Waals surface area contributed by atoms with Gasteiger partial charge in [-0.15, -0.1) is 0 Å². The molecule has 6 aliphatic heterocycles. The van der Waals surface area contributed by atoms with Crippen molar-refractivity contribution < 1.29 is 46.6 Å². The Hall–Kier alpha value is -7.24. The summed E-state index contributed by atoms with van der Waals surface area (Å²) in [5, 5.41) is 16.7. The third-order valence-electron chi connectivity index (χ3n) is 18.2. The number of anilines is 4. The Kier molecular flexibility index (Phi) is 14.1. The summed E-state index contributed by atoms with van der Waals surface area (Å²) in [7, 11) is -1.47. The van der Waals surface area contributed by atoms with Crippen LogP contribution in [0.1, 0.15) is 78.0 Å². The third-order valence-corrected chi connectivity index (χ3v) is 19.5. The molecule has 4 atom stereocenters. The highest BCUT2D eigenvalue weighted by molar-refractivity contribution is 7.90. The van der Waals surface area contributed by atoms with Gasteiger partial charge in [-0.1, -0.05) is 24.3 Å². The summed E-state index contributed by atoms with van der Waals surface area (Å²) in [4.78, 5) is 48.7. The van der Waals surface area contributed by atoms with Crippen molar-refractivity contribution in [1.29, 1.82) is 0 Å². The third kappa shape index (κ3) is 10.1. The summed E-state index contributed by atoms with van der Waals surface area (Å²) in [6, 6.07) is 22.7. The van der Waals surface area contributed by atoms with Crippen LogP contribution in [0.3, 0.4) is 0 Å². The van der Waals surface area contributed by atoms with Gasteiger partial charge < -0.3 is 48.5 Å². The predicted octanol–water partition coefficient (Wildman–Crippen LogP) is 7.91. The van der Waals surface area contributed by atoms with E-state index >= 15 is 0 Å². The second-order valence-corrected chi connectivity index (χ2v) is 24.5. The Morgan fingerprint density at radius 2 is 1.74 bits per heavy atom. The normalized spacial score (nSPS) is 23.2. The largest absolute Gasteiger partial charge is 0.491 e. The van der Waals surface area contributed by atoms with E-state index in [2.05, 4.69) is 70.8 Å². The number of rotatable bonds is 13. The SMILES string of the molecule is COc1cc(CN2CCN(C3CC4(CCN(c5ccc(C(=O)NS(=O)(=O)c6cc7c(c([N+](=O)[O-])c6)N[C@@H](C6CCOCC6)CO7)c(N6c7cc8cc[nH]c8nc7O[C@H]7COCC[C@@H]76)c5)CC4)C3)[C@H](c3ccccc3C)C2)cnc1OC. The highest BCUT2D eigenvalue weighted by Crippen LogP contribution is 2.54. The van der Waals surface area contributed by atoms with Crippen molar-refractivity contribution in [3.8, 4) is 23.3 Å². The zero-order chi connectivity index (χ0) is 55.6. The van der Waals surface area contributed by atoms with Crippen molar-refractivity contribution in [1.82, 2.24) is 29.5 Å². The number of nitrogens with zero attached hydrogens (tertiary/aromatic N) is 7. The van der Waals surface area contributed by atoms with Gasteiger partial charge in [0, 0.05) is 107 Å². The number of nitro benzene ring substituents is 1.